The van der Waals surface area contributed by atoms with Gasteiger partial charge in [0.25, 0.3) is 0 Å². The molecule has 0 saturated carbocycles. The van der Waals surface area contributed by atoms with Crippen molar-refractivity contribution in [3.63, 3.8) is 0 Å². The van der Waals surface area contributed by atoms with Crippen LogP contribution >= 0.6 is 0 Å². The van der Waals surface area contributed by atoms with E-state index in [9.17, 15) is 0 Å². The Kier molecular flexibility index (Phi) is 14.0. The quantitative estimate of drug-likeness (QED) is 0.386. The minimum absolute atomic E-state index is 0. The molecule has 0 rings (SSSR count). The molecule has 0 fully saturated rings. The fraction of sp³-hybridized carbons (Fsp3) is 0.857. The van der Waals surface area contributed by atoms with Gasteiger partial charge >= 0.3 is 23.1 Å². The Morgan fingerprint density at radius 3 is 1.80 bits per heavy atom. The topological polar surface area (TPSA) is 9.23 Å². The van der Waals surface area contributed by atoms with Crippen molar-refractivity contribution in [2.75, 3.05) is 0 Å². The van der Waals surface area contributed by atoms with Crippen LogP contribution in [0, 0.1) is 6.61 Å². The third-order valence-corrected chi connectivity index (χ3v) is 0.604. The van der Waals surface area contributed by atoms with Crippen LogP contribution in [-0.4, -0.2) is 28.7 Å². The van der Waals surface area contributed by atoms with Crippen molar-refractivity contribution in [2.24, 2.45) is 0 Å². The van der Waals surface area contributed by atoms with Crippen molar-refractivity contribution < 1.29 is 17.1 Å². The largest absolute Gasteiger partial charge is 2.00 e. The number of ether oxygens (including phenoxy) is 1. The van der Waals surface area contributed by atoms with E-state index in [1.165, 1.54) is 0 Å². The Morgan fingerprint density at radius 2 is 1.70 bits per heavy atom. The van der Waals surface area contributed by atoms with Gasteiger partial charge < -0.3 is 17.1 Å². The van der Waals surface area contributed by atoms with Crippen LogP contribution in [0.15, 0.2) is 0 Å². The predicted octanol–water partition coefficient (Wildman–Crippen LogP) is -1.00. The van der Waals surface area contributed by atoms with E-state index in [1.807, 2.05) is 27.4 Å². The second kappa shape index (κ2) is 8.12. The molecule has 0 saturated heterocycles. The summed E-state index contributed by atoms with van der Waals surface area (Å²) in [6, 6.07) is 0. The molecule has 1 nitrogen and oxygen atoms in total. The molecule has 0 aromatic heterocycles. The molecule has 0 radical (unpaired) electrons. The molecule has 0 unspecified atom stereocenters. The number of halogens is 1. The Morgan fingerprint density at radius 1 is 1.30 bits per heavy atom. The van der Waals surface area contributed by atoms with Gasteiger partial charge in [0.05, 0.1) is 0 Å². The third kappa shape index (κ3) is 16.0. The van der Waals surface area contributed by atoms with Gasteiger partial charge in [-0.1, -0.05) is 6.92 Å². The number of rotatable bonds is 2. The summed E-state index contributed by atoms with van der Waals surface area (Å²) in [5.74, 6) is 0. The first-order valence-corrected chi connectivity index (χ1v) is 3.06. The molecule has 0 N–H and O–H groups in total. The van der Waals surface area contributed by atoms with E-state index in [1.54, 1.807) is 0 Å². The second-order valence-electron chi connectivity index (χ2n) is 2.81. The van der Waals surface area contributed by atoms with Crippen LogP contribution in [-0.2, 0) is 4.74 Å². The zero-order valence-electron chi connectivity index (χ0n) is 7.28. The average molecular weight is 175 g/mol. The maximum Gasteiger partial charge on any atom is 2.00 e. The van der Waals surface area contributed by atoms with Gasteiger partial charge in [0.15, 0.2) is 0 Å². The first kappa shape index (κ1) is 17.2. The van der Waals surface area contributed by atoms with Gasteiger partial charge in [-0.2, -0.15) is 6.42 Å². The molecular formula is C7H15ClMgO. The Hall–Kier alpha value is 1.02. The minimum Gasteiger partial charge on any atom is -1.00 e. The summed E-state index contributed by atoms with van der Waals surface area (Å²) >= 11 is 0. The SMILES string of the molecule is CC[CH-]OC(C)(C)C.[Cl-].[Mg+2]. The molecule has 0 aliphatic rings. The van der Waals surface area contributed by atoms with E-state index in [0.717, 1.165) is 6.42 Å². The first-order chi connectivity index (χ1) is 3.56. The van der Waals surface area contributed by atoms with Crippen LogP contribution in [0.4, 0.5) is 0 Å². The molecule has 0 bridgehead atoms. The average Bonchev–Trinajstić information content (AvgIpc) is 1.59. The van der Waals surface area contributed by atoms with Crippen molar-refractivity contribution in [1.29, 1.82) is 0 Å². The van der Waals surface area contributed by atoms with Crippen molar-refractivity contribution in [2.45, 2.75) is 39.7 Å². The summed E-state index contributed by atoms with van der Waals surface area (Å²) in [4.78, 5) is 0. The maximum absolute atomic E-state index is 5.25. The van der Waals surface area contributed by atoms with Crippen LogP contribution in [0.2, 0.25) is 0 Å². The summed E-state index contributed by atoms with van der Waals surface area (Å²) < 4.78 is 5.25. The second-order valence-corrected chi connectivity index (χ2v) is 2.81. The Balaban J connectivity index is -0.000000245. The van der Waals surface area contributed by atoms with Gasteiger partial charge in [-0.05, 0) is 20.8 Å². The zero-order valence-corrected chi connectivity index (χ0v) is 9.45. The van der Waals surface area contributed by atoms with Gasteiger partial charge in [0.2, 0.25) is 0 Å². The van der Waals surface area contributed by atoms with Crippen LogP contribution in [0.5, 0.6) is 0 Å². The van der Waals surface area contributed by atoms with Crippen LogP contribution in [0.3, 0.4) is 0 Å². The van der Waals surface area contributed by atoms with Gasteiger partial charge in [0, 0.05) is 5.60 Å². The number of hydrogen-bond acceptors (Lipinski definition) is 1. The smallest absolute Gasteiger partial charge is 1.00 e. The zero-order chi connectivity index (χ0) is 6.62. The van der Waals surface area contributed by atoms with E-state index in [2.05, 4.69) is 6.92 Å². The van der Waals surface area contributed by atoms with Crippen molar-refractivity contribution in [3.8, 4) is 0 Å². The normalized spacial score (nSPS) is 9.60. The fourth-order valence-electron chi connectivity index (χ4n) is 0.333. The van der Waals surface area contributed by atoms with E-state index in [4.69, 9.17) is 4.74 Å². The molecule has 0 atom stereocenters. The van der Waals surface area contributed by atoms with Crippen LogP contribution in [0.1, 0.15) is 34.1 Å². The van der Waals surface area contributed by atoms with Crippen LogP contribution < -0.4 is 12.4 Å². The maximum atomic E-state index is 5.25. The Bertz CT molecular complexity index is 61.1. The van der Waals surface area contributed by atoms with Crippen molar-refractivity contribution in [3.05, 3.63) is 6.61 Å². The van der Waals surface area contributed by atoms with E-state index in [0.29, 0.717) is 0 Å². The van der Waals surface area contributed by atoms with Gasteiger partial charge in [0.1, 0.15) is 0 Å². The molecule has 0 heterocycles. The summed E-state index contributed by atoms with van der Waals surface area (Å²) in [7, 11) is 0. The van der Waals surface area contributed by atoms with Crippen molar-refractivity contribution >= 4 is 23.1 Å². The summed E-state index contributed by atoms with van der Waals surface area (Å²) in [5, 5.41) is 0. The molecule has 0 aromatic carbocycles. The fourth-order valence-corrected chi connectivity index (χ4v) is 0.333. The predicted molar refractivity (Wildman–Crippen MR) is 41.2 cm³/mol. The standard InChI is InChI=1S/C7H15O.ClH.Mg/c1-5-6-8-7(2,3)4;;/h6H,5H2,1-4H3;1H;/q-1;;+2/p-1. The van der Waals surface area contributed by atoms with E-state index >= 15 is 0 Å². The number of hydrogen-bond donors (Lipinski definition) is 0. The first-order valence-electron chi connectivity index (χ1n) is 3.06. The molecule has 10 heavy (non-hydrogen) atoms. The van der Waals surface area contributed by atoms with Crippen LogP contribution in [0.25, 0.3) is 0 Å². The van der Waals surface area contributed by atoms with Gasteiger partial charge in [-0.25, -0.2) is 6.61 Å². The molecule has 0 aliphatic carbocycles. The molecular weight excluding hydrogens is 160 g/mol. The summed E-state index contributed by atoms with van der Waals surface area (Å²) in [6.07, 6.45) is 0.983. The third-order valence-electron chi connectivity index (χ3n) is 0.604. The van der Waals surface area contributed by atoms with E-state index < -0.39 is 0 Å². The molecule has 0 aromatic rings. The molecule has 0 aliphatic heterocycles. The van der Waals surface area contributed by atoms with Crippen molar-refractivity contribution in [1.82, 2.24) is 0 Å². The molecule has 0 amide bonds. The van der Waals surface area contributed by atoms with E-state index in [-0.39, 0.29) is 41.1 Å². The summed E-state index contributed by atoms with van der Waals surface area (Å²) in [5.41, 5.74) is -0.00396. The monoisotopic (exact) mass is 174 g/mol. The molecule has 58 valence electrons. The Labute approximate surface area is 86.5 Å². The molecule has 0 spiro atoms. The molecule has 3 heteroatoms. The minimum atomic E-state index is -0.00396. The summed E-state index contributed by atoms with van der Waals surface area (Å²) in [6.45, 7) is 10.0. The van der Waals surface area contributed by atoms with Gasteiger partial charge in [-0.15, -0.1) is 0 Å². The van der Waals surface area contributed by atoms with Gasteiger partial charge in [-0.3, -0.25) is 0 Å².